The summed E-state index contributed by atoms with van der Waals surface area (Å²) in [5.41, 5.74) is 0.610. The van der Waals surface area contributed by atoms with E-state index in [1.165, 1.54) is 11.3 Å². The summed E-state index contributed by atoms with van der Waals surface area (Å²) in [5.74, 6) is -0.752. The van der Waals surface area contributed by atoms with Crippen LogP contribution in [0.3, 0.4) is 0 Å². The third-order valence-corrected chi connectivity index (χ3v) is 3.60. The quantitative estimate of drug-likeness (QED) is 0.794. The molecule has 0 saturated heterocycles. The van der Waals surface area contributed by atoms with Crippen molar-refractivity contribution in [3.63, 3.8) is 0 Å². The molecule has 1 aromatic carbocycles. The number of anilines is 1. The number of rotatable bonds is 1. The van der Waals surface area contributed by atoms with Gasteiger partial charge in [0.05, 0.1) is 9.72 Å². The monoisotopic (exact) mass is 328 g/mol. The molecule has 1 heterocycles. The van der Waals surface area contributed by atoms with Crippen LogP contribution >= 0.6 is 57.7 Å². The van der Waals surface area contributed by atoms with Crippen molar-refractivity contribution in [2.24, 2.45) is 0 Å². The highest BCUT2D eigenvalue weighted by molar-refractivity contribution is 7.22. The van der Waals surface area contributed by atoms with Gasteiger partial charge in [-0.15, -0.1) is 0 Å². The maximum atomic E-state index is 11.4. The Balaban J connectivity index is 2.32. The van der Waals surface area contributed by atoms with Gasteiger partial charge in [-0.25, -0.2) is 4.98 Å². The topological polar surface area (TPSA) is 42.0 Å². The minimum Gasteiger partial charge on any atom is -0.298 e. The number of thiazole rings is 1. The number of hydrogen-bond acceptors (Lipinski definition) is 3. The van der Waals surface area contributed by atoms with Gasteiger partial charge in [0.2, 0.25) is 0 Å². The lowest BCUT2D eigenvalue weighted by Crippen LogP contribution is -2.26. The smallest absolute Gasteiger partial charge is 0.278 e. The van der Waals surface area contributed by atoms with Gasteiger partial charge < -0.3 is 0 Å². The van der Waals surface area contributed by atoms with Gasteiger partial charge in [0.25, 0.3) is 9.70 Å². The first-order valence-corrected chi connectivity index (χ1v) is 6.64. The van der Waals surface area contributed by atoms with Gasteiger partial charge in [-0.2, -0.15) is 0 Å². The maximum Gasteiger partial charge on any atom is 0.278 e. The predicted molar refractivity (Wildman–Crippen MR) is 73.5 cm³/mol. The molecule has 0 aliphatic rings. The predicted octanol–water partition coefficient (Wildman–Crippen LogP) is 4.26. The first-order chi connectivity index (χ1) is 7.88. The number of aromatic nitrogens is 1. The fourth-order valence-corrected chi connectivity index (χ4v) is 2.44. The molecular formula is C9H4Cl4N2OS. The van der Waals surface area contributed by atoms with Crippen molar-refractivity contribution in [3.8, 4) is 0 Å². The van der Waals surface area contributed by atoms with Crippen molar-refractivity contribution in [3.05, 3.63) is 23.2 Å². The lowest BCUT2D eigenvalue weighted by atomic mass is 10.3. The number of carbonyl (C=O) groups is 1. The van der Waals surface area contributed by atoms with E-state index in [0.717, 1.165) is 4.70 Å². The molecule has 90 valence electrons. The molecular weight excluding hydrogens is 326 g/mol. The van der Waals surface area contributed by atoms with Crippen LogP contribution in [0.25, 0.3) is 10.2 Å². The fourth-order valence-electron chi connectivity index (χ4n) is 1.14. The molecule has 3 nitrogen and oxygen atoms in total. The fraction of sp³-hybridized carbons (Fsp3) is 0.111. The molecule has 0 atom stereocenters. The number of para-hydroxylation sites is 1. The zero-order chi connectivity index (χ0) is 12.6. The van der Waals surface area contributed by atoms with Crippen LogP contribution in [0.1, 0.15) is 0 Å². The summed E-state index contributed by atoms with van der Waals surface area (Å²) in [6.45, 7) is 0. The third kappa shape index (κ3) is 2.95. The Morgan fingerprint density at radius 2 is 2.06 bits per heavy atom. The van der Waals surface area contributed by atoms with Crippen LogP contribution in [0.4, 0.5) is 5.13 Å². The van der Waals surface area contributed by atoms with Crippen LogP contribution in [0.5, 0.6) is 0 Å². The summed E-state index contributed by atoms with van der Waals surface area (Å²) in [6.07, 6.45) is 0. The summed E-state index contributed by atoms with van der Waals surface area (Å²) in [5, 5.41) is 3.26. The molecule has 2 aromatic rings. The van der Waals surface area contributed by atoms with Crippen molar-refractivity contribution in [1.29, 1.82) is 0 Å². The molecule has 0 aliphatic carbocycles. The lowest BCUT2D eigenvalue weighted by Gasteiger charge is -2.08. The van der Waals surface area contributed by atoms with Crippen molar-refractivity contribution >= 4 is 79.0 Å². The van der Waals surface area contributed by atoms with Crippen molar-refractivity contribution < 1.29 is 4.79 Å². The Morgan fingerprint density at radius 3 is 2.65 bits per heavy atom. The van der Waals surface area contributed by atoms with Crippen molar-refractivity contribution in [2.75, 3.05) is 5.32 Å². The molecule has 2 rings (SSSR count). The van der Waals surface area contributed by atoms with E-state index in [1.807, 2.05) is 6.07 Å². The minimum absolute atomic E-state index is 0.337. The highest BCUT2D eigenvalue weighted by Gasteiger charge is 2.31. The molecule has 0 bridgehead atoms. The van der Waals surface area contributed by atoms with Crippen molar-refractivity contribution in [1.82, 2.24) is 4.98 Å². The second-order valence-electron chi connectivity index (χ2n) is 3.06. The van der Waals surface area contributed by atoms with E-state index in [2.05, 4.69) is 10.3 Å². The molecule has 0 radical (unpaired) electrons. The summed E-state index contributed by atoms with van der Waals surface area (Å²) in [6, 6.07) is 5.34. The number of hydrogen-bond donors (Lipinski definition) is 1. The van der Waals surface area contributed by atoms with E-state index in [9.17, 15) is 4.79 Å². The summed E-state index contributed by atoms with van der Waals surface area (Å²) >= 11 is 23.5. The van der Waals surface area contributed by atoms with Gasteiger partial charge in [-0.3, -0.25) is 10.1 Å². The Kier molecular flexibility index (Phi) is 3.71. The minimum atomic E-state index is -2.01. The molecule has 0 aliphatic heterocycles. The van der Waals surface area contributed by atoms with Gasteiger partial charge in [-0.05, 0) is 12.1 Å². The number of alkyl halides is 3. The SMILES string of the molecule is O=C(Nc1nc2c(Cl)cccc2s1)C(Cl)(Cl)Cl. The number of nitrogens with one attached hydrogen (secondary N) is 1. The average molecular weight is 330 g/mol. The number of carbonyl (C=O) groups excluding carboxylic acids is 1. The normalized spacial score (nSPS) is 11.8. The zero-order valence-corrected chi connectivity index (χ0v) is 11.8. The maximum absolute atomic E-state index is 11.4. The van der Waals surface area contributed by atoms with E-state index in [1.54, 1.807) is 12.1 Å². The molecule has 1 N–H and O–H groups in total. The van der Waals surface area contributed by atoms with Crippen LogP contribution in [-0.2, 0) is 4.79 Å². The van der Waals surface area contributed by atoms with E-state index in [0.29, 0.717) is 15.7 Å². The Hall–Kier alpha value is -0.260. The molecule has 0 saturated carbocycles. The first-order valence-electron chi connectivity index (χ1n) is 4.31. The average Bonchev–Trinajstić information content (AvgIpc) is 2.60. The first kappa shape index (κ1) is 13.2. The van der Waals surface area contributed by atoms with E-state index < -0.39 is 9.70 Å². The standard InChI is InChI=1S/C9H4Cl4N2OS/c10-4-2-1-3-5-6(4)14-8(17-5)15-7(16)9(11,12)13/h1-3H,(H,14,15,16). The van der Waals surface area contributed by atoms with E-state index >= 15 is 0 Å². The molecule has 0 fully saturated rings. The number of fused-ring (bicyclic) bond motifs is 1. The molecule has 8 heteroatoms. The highest BCUT2D eigenvalue weighted by atomic mass is 35.6. The number of halogens is 4. The van der Waals surface area contributed by atoms with Crippen LogP contribution in [0, 0.1) is 0 Å². The Morgan fingerprint density at radius 1 is 1.35 bits per heavy atom. The van der Waals surface area contributed by atoms with Gasteiger partial charge in [0.1, 0.15) is 5.52 Å². The van der Waals surface area contributed by atoms with Crippen molar-refractivity contribution in [2.45, 2.75) is 3.79 Å². The molecule has 1 aromatic heterocycles. The largest absolute Gasteiger partial charge is 0.298 e. The number of nitrogens with zero attached hydrogens (tertiary/aromatic N) is 1. The summed E-state index contributed by atoms with van der Waals surface area (Å²) < 4.78 is -1.17. The number of amides is 1. The number of benzene rings is 1. The summed E-state index contributed by atoms with van der Waals surface area (Å²) in [7, 11) is 0. The Labute approximate surface area is 121 Å². The van der Waals surface area contributed by atoms with Gasteiger partial charge in [0, 0.05) is 0 Å². The Bertz CT molecular complexity index is 578. The molecule has 17 heavy (non-hydrogen) atoms. The molecule has 1 amide bonds. The van der Waals surface area contributed by atoms with E-state index in [4.69, 9.17) is 46.4 Å². The molecule has 0 unspecified atom stereocenters. The lowest BCUT2D eigenvalue weighted by molar-refractivity contribution is -0.115. The second kappa shape index (κ2) is 4.78. The third-order valence-electron chi connectivity index (χ3n) is 1.85. The molecule has 0 spiro atoms. The zero-order valence-electron chi connectivity index (χ0n) is 8.01. The highest BCUT2D eigenvalue weighted by Crippen LogP contribution is 2.33. The van der Waals surface area contributed by atoms with Crippen LogP contribution in [0.2, 0.25) is 5.02 Å². The van der Waals surface area contributed by atoms with Gasteiger partial charge in [0.15, 0.2) is 5.13 Å². The van der Waals surface area contributed by atoms with Gasteiger partial charge in [-0.1, -0.05) is 63.8 Å². The van der Waals surface area contributed by atoms with Crippen LogP contribution < -0.4 is 5.32 Å². The van der Waals surface area contributed by atoms with E-state index in [-0.39, 0.29) is 0 Å². The van der Waals surface area contributed by atoms with Gasteiger partial charge >= 0.3 is 0 Å². The summed E-state index contributed by atoms with van der Waals surface area (Å²) in [4.78, 5) is 15.6. The van der Waals surface area contributed by atoms with Crippen LogP contribution in [-0.4, -0.2) is 14.7 Å². The second-order valence-corrected chi connectivity index (χ2v) is 6.78. The van der Waals surface area contributed by atoms with Crippen LogP contribution in [0.15, 0.2) is 18.2 Å².